The van der Waals surface area contributed by atoms with Gasteiger partial charge in [0.2, 0.25) is 0 Å². The molecule has 3 nitrogen and oxygen atoms in total. The molecule has 1 fully saturated rings. The summed E-state index contributed by atoms with van der Waals surface area (Å²) in [4.78, 5) is 2.35. The van der Waals surface area contributed by atoms with Gasteiger partial charge in [0, 0.05) is 27.8 Å². The van der Waals surface area contributed by atoms with Crippen molar-refractivity contribution in [3.05, 3.63) is 21.4 Å². The largest absolute Gasteiger partial charge is 0.401 e. The molecular formula is C15H20F3NO2S. The Balaban J connectivity index is 1.68. The van der Waals surface area contributed by atoms with E-state index in [1.165, 1.54) is 4.88 Å². The third-order valence-electron chi connectivity index (χ3n) is 4.09. The van der Waals surface area contributed by atoms with Gasteiger partial charge in [-0.3, -0.25) is 0 Å². The van der Waals surface area contributed by atoms with Crippen LogP contribution in [0.15, 0.2) is 6.07 Å². The molecule has 7 heteroatoms. The van der Waals surface area contributed by atoms with Gasteiger partial charge in [-0.05, 0) is 32.3 Å². The molecule has 3 rings (SSSR count). The second kappa shape index (κ2) is 6.11. The number of thiophene rings is 1. The summed E-state index contributed by atoms with van der Waals surface area (Å²) in [5, 5.41) is 2.53. The molecule has 0 saturated carbocycles. The van der Waals surface area contributed by atoms with E-state index in [2.05, 4.69) is 11.4 Å². The van der Waals surface area contributed by atoms with Crippen LogP contribution in [-0.2, 0) is 28.1 Å². The Morgan fingerprint density at radius 3 is 2.77 bits per heavy atom. The average molecular weight is 335 g/mol. The summed E-state index contributed by atoms with van der Waals surface area (Å²) in [5.41, 5.74) is 1.10. The normalized spacial score (nSPS) is 22.0. The fourth-order valence-corrected chi connectivity index (χ4v) is 4.53. The smallest absolute Gasteiger partial charge is 0.343 e. The second-order valence-electron chi connectivity index (χ2n) is 5.95. The van der Waals surface area contributed by atoms with Gasteiger partial charge in [-0.2, -0.15) is 13.2 Å². The second-order valence-corrected chi connectivity index (χ2v) is 7.18. The molecule has 1 atom stereocenters. The van der Waals surface area contributed by atoms with Crippen LogP contribution in [0.25, 0.3) is 0 Å². The van der Waals surface area contributed by atoms with Gasteiger partial charge in [-0.15, -0.1) is 11.3 Å². The first-order valence-electron chi connectivity index (χ1n) is 7.58. The van der Waals surface area contributed by atoms with Gasteiger partial charge in [0.05, 0.1) is 19.8 Å². The summed E-state index contributed by atoms with van der Waals surface area (Å²) in [7, 11) is 0. The molecule has 1 aromatic rings. The lowest BCUT2D eigenvalue weighted by Gasteiger charge is -2.31. The lowest BCUT2D eigenvalue weighted by atomic mass is 9.92. The summed E-state index contributed by atoms with van der Waals surface area (Å²) in [5.74, 6) is -0.592. The Kier molecular flexibility index (Phi) is 4.51. The van der Waals surface area contributed by atoms with E-state index >= 15 is 0 Å². The number of aryl methyl sites for hydroxylation is 1. The molecule has 1 aliphatic carbocycles. The molecule has 1 aliphatic heterocycles. The van der Waals surface area contributed by atoms with Crippen LogP contribution in [0, 0.1) is 0 Å². The molecule has 1 unspecified atom stereocenters. The summed E-state index contributed by atoms with van der Waals surface area (Å²) in [6.45, 7) is 2.04. The number of hydrogen-bond donors (Lipinski definition) is 1. The predicted molar refractivity (Wildman–Crippen MR) is 78.1 cm³/mol. The van der Waals surface area contributed by atoms with Gasteiger partial charge in [0.1, 0.15) is 0 Å². The molecular weight excluding hydrogens is 315 g/mol. The molecule has 1 N–H and O–H groups in total. The minimum Gasteiger partial charge on any atom is -0.343 e. The number of halogens is 3. The maximum absolute atomic E-state index is 12.2. The first kappa shape index (κ1) is 16.2. The number of nitrogens with one attached hydrogen (secondary N) is 1. The molecule has 0 radical (unpaired) electrons. The summed E-state index contributed by atoms with van der Waals surface area (Å²) < 4.78 is 48.4. The van der Waals surface area contributed by atoms with Crippen molar-refractivity contribution in [1.29, 1.82) is 0 Å². The molecule has 124 valence electrons. The third-order valence-corrected chi connectivity index (χ3v) is 5.31. The highest BCUT2D eigenvalue weighted by molar-refractivity contribution is 7.12. The number of fused-ring (bicyclic) bond motifs is 2. The summed E-state index contributed by atoms with van der Waals surface area (Å²) in [6, 6.07) is 1.85. The molecule has 1 saturated heterocycles. The van der Waals surface area contributed by atoms with E-state index in [0.717, 1.165) is 29.7 Å². The number of alkyl halides is 3. The Bertz CT molecular complexity index is 523. The maximum atomic E-state index is 12.2. The molecule has 1 spiro atoms. The summed E-state index contributed by atoms with van der Waals surface area (Å²) >= 11 is 1.68. The van der Waals surface area contributed by atoms with Crippen LogP contribution < -0.4 is 5.32 Å². The Morgan fingerprint density at radius 2 is 2.09 bits per heavy atom. The highest BCUT2D eigenvalue weighted by atomic mass is 32.1. The third kappa shape index (κ3) is 3.48. The predicted octanol–water partition coefficient (Wildman–Crippen LogP) is 3.37. The van der Waals surface area contributed by atoms with Gasteiger partial charge in [0.15, 0.2) is 5.79 Å². The van der Waals surface area contributed by atoms with E-state index in [0.29, 0.717) is 19.6 Å². The van der Waals surface area contributed by atoms with Gasteiger partial charge >= 0.3 is 6.18 Å². The molecule has 0 aromatic carbocycles. The number of ether oxygens (including phenoxy) is 2. The minimum absolute atomic E-state index is 0.219. The zero-order chi connectivity index (χ0) is 15.8. The molecule has 2 heterocycles. The van der Waals surface area contributed by atoms with Gasteiger partial charge in [-0.1, -0.05) is 0 Å². The van der Waals surface area contributed by atoms with Crippen LogP contribution in [0.3, 0.4) is 0 Å². The minimum atomic E-state index is -4.17. The van der Waals surface area contributed by atoms with Crippen molar-refractivity contribution < 1.29 is 22.6 Å². The Morgan fingerprint density at radius 1 is 1.36 bits per heavy atom. The first-order valence-corrected chi connectivity index (χ1v) is 8.40. The van der Waals surface area contributed by atoms with E-state index in [1.54, 1.807) is 18.3 Å². The average Bonchev–Trinajstić information content (AvgIpc) is 3.04. The topological polar surface area (TPSA) is 30.5 Å². The van der Waals surface area contributed by atoms with Gasteiger partial charge < -0.3 is 14.8 Å². The van der Waals surface area contributed by atoms with Crippen LogP contribution in [0.1, 0.15) is 35.1 Å². The van der Waals surface area contributed by atoms with Crippen molar-refractivity contribution in [3.8, 4) is 0 Å². The zero-order valence-electron chi connectivity index (χ0n) is 12.5. The highest BCUT2D eigenvalue weighted by Crippen LogP contribution is 2.45. The van der Waals surface area contributed by atoms with Crippen LogP contribution >= 0.6 is 11.3 Å². The van der Waals surface area contributed by atoms with Crippen LogP contribution in [0.2, 0.25) is 0 Å². The molecule has 22 heavy (non-hydrogen) atoms. The van der Waals surface area contributed by atoms with Crippen LogP contribution in [-0.4, -0.2) is 32.0 Å². The Hall–Kier alpha value is -0.630. The van der Waals surface area contributed by atoms with Crippen molar-refractivity contribution in [1.82, 2.24) is 5.32 Å². The number of rotatable bonds is 4. The monoisotopic (exact) mass is 335 g/mol. The lowest BCUT2D eigenvalue weighted by Crippen LogP contribution is -2.36. The fourth-order valence-electron chi connectivity index (χ4n) is 3.13. The van der Waals surface area contributed by atoms with E-state index in [4.69, 9.17) is 9.47 Å². The molecule has 1 aromatic heterocycles. The number of hydrogen-bond acceptors (Lipinski definition) is 4. The van der Waals surface area contributed by atoms with Crippen molar-refractivity contribution in [2.24, 2.45) is 0 Å². The zero-order valence-corrected chi connectivity index (χ0v) is 13.3. The SMILES string of the molecule is CC(Cc1cc2c(s1)CCCC21OCCO1)NCC(F)(F)F. The van der Waals surface area contributed by atoms with Gasteiger partial charge in [0.25, 0.3) is 0 Å². The van der Waals surface area contributed by atoms with Crippen molar-refractivity contribution in [2.45, 2.75) is 50.6 Å². The van der Waals surface area contributed by atoms with Crippen molar-refractivity contribution >= 4 is 11.3 Å². The molecule has 0 bridgehead atoms. The maximum Gasteiger partial charge on any atom is 0.401 e. The van der Waals surface area contributed by atoms with E-state index in [9.17, 15) is 13.2 Å². The Labute approximate surface area is 131 Å². The quantitative estimate of drug-likeness (QED) is 0.915. The van der Waals surface area contributed by atoms with Crippen LogP contribution in [0.4, 0.5) is 13.2 Å². The summed E-state index contributed by atoms with van der Waals surface area (Å²) in [6.07, 6.45) is -0.700. The first-order chi connectivity index (χ1) is 10.4. The van der Waals surface area contributed by atoms with E-state index in [1.807, 2.05) is 0 Å². The highest BCUT2D eigenvalue weighted by Gasteiger charge is 2.43. The van der Waals surface area contributed by atoms with Gasteiger partial charge in [-0.25, -0.2) is 0 Å². The van der Waals surface area contributed by atoms with Crippen molar-refractivity contribution in [3.63, 3.8) is 0 Å². The molecule has 0 amide bonds. The standard InChI is InChI=1S/C15H20F3NO2S/c1-10(19-9-15(16,17)18)7-11-8-12-13(22-11)3-2-4-14(12)20-5-6-21-14/h8,10,19H,2-7,9H2,1H3. The van der Waals surface area contributed by atoms with E-state index in [-0.39, 0.29) is 6.04 Å². The van der Waals surface area contributed by atoms with Crippen molar-refractivity contribution in [2.75, 3.05) is 19.8 Å². The van der Waals surface area contributed by atoms with E-state index < -0.39 is 18.5 Å². The fraction of sp³-hybridized carbons (Fsp3) is 0.733. The van der Waals surface area contributed by atoms with Crippen LogP contribution in [0.5, 0.6) is 0 Å². The lowest BCUT2D eigenvalue weighted by molar-refractivity contribution is -0.175. The molecule has 2 aliphatic rings.